The van der Waals surface area contributed by atoms with Gasteiger partial charge in [0.1, 0.15) is 5.82 Å². The standard InChI is InChI=1S/C14H16FN3O2/c1-9-2-3-10(6-12(9)15)14-17-13(20-18-14)7-11-8-19-5-4-16-11/h2-3,6,11,16H,4-5,7-8H2,1H3. The van der Waals surface area contributed by atoms with Gasteiger partial charge < -0.3 is 14.6 Å². The minimum absolute atomic E-state index is 0.187. The van der Waals surface area contributed by atoms with Gasteiger partial charge in [-0.2, -0.15) is 4.98 Å². The van der Waals surface area contributed by atoms with Crippen LogP contribution in [0.2, 0.25) is 0 Å². The normalized spacial score (nSPS) is 19.2. The molecule has 0 saturated carbocycles. The Hall–Kier alpha value is -1.79. The Bertz CT molecular complexity index is 594. The van der Waals surface area contributed by atoms with Gasteiger partial charge in [-0.15, -0.1) is 0 Å². The van der Waals surface area contributed by atoms with Gasteiger partial charge in [0.05, 0.1) is 13.2 Å². The zero-order valence-electron chi connectivity index (χ0n) is 11.2. The van der Waals surface area contributed by atoms with Crippen molar-refractivity contribution in [2.75, 3.05) is 19.8 Å². The summed E-state index contributed by atoms with van der Waals surface area (Å²) in [5, 5.41) is 7.22. The van der Waals surface area contributed by atoms with E-state index in [4.69, 9.17) is 9.26 Å². The molecule has 0 spiro atoms. The fourth-order valence-corrected chi connectivity index (χ4v) is 2.15. The first kappa shape index (κ1) is 13.2. The summed E-state index contributed by atoms with van der Waals surface area (Å²) in [7, 11) is 0. The van der Waals surface area contributed by atoms with Crippen molar-refractivity contribution < 1.29 is 13.7 Å². The molecule has 1 fully saturated rings. The summed E-state index contributed by atoms with van der Waals surface area (Å²) in [5.74, 6) is 0.677. The Morgan fingerprint density at radius 3 is 3.10 bits per heavy atom. The van der Waals surface area contributed by atoms with E-state index in [2.05, 4.69) is 15.5 Å². The monoisotopic (exact) mass is 277 g/mol. The number of nitrogens with zero attached hydrogens (tertiary/aromatic N) is 2. The summed E-state index contributed by atoms with van der Waals surface area (Å²) in [4.78, 5) is 4.31. The summed E-state index contributed by atoms with van der Waals surface area (Å²) in [6.07, 6.45) is 0.612. The second kappa shape index (κ2) is 5.68. The number of rotatable bonds is 3. The fourth-order valence-electron chi connectivity index (χ4n) is 2.15. The second-order valence-electron chi connectivity index (χ2n) is 4.91. The number of hydrogen-bond acceptors (Lipinski definition) is 5. The lowest BCUT2D eigenvalue weighted by molar-refractivity contribution is 0.0744. The van der Waals surface area contributed by atoms with Crippen LogP contribution in [0.1, 0.15) is 11.5 Å². The van der Waals surface area contributed by atoms with Gasteiger partial charge >= 0.3 is 0 Å². The molecule has 20 heavy (non-hydrogen) atoms. The van der Waals surface area contributed by atoms with Gasteiger partial charge in [-0.05, 0) is 18.6 Å². The fraction of sp³-hybridized carbons (Fsp3) is 0.429. The van der Waals surface area contributed by atoms with Crippen LogP contribution in [0.4, 0.5) is 4.39 Å². The number of aryl methyl sites for hydroxylation is 1. The number of hydrogen-bond donors (Lipinski definition) is 1. The van der Waals surface area contributed by atoms with Crippen molar-refractivity contribution >= 4 is 0 Å². The highest BCUT2D eigenvalue weighted by Crippen LogP contribution is 2.19. The average molecular weight is 277 g/mol. The molecular weight excluding hydrogens is 261 g/mol. The van der Waals surface area contributed by atoms with E-state index in [0.29, 0.717) is 35.9 Å². The minimum Gasteiger partial charge on any atom is -0.378 e. The quantitative estimate of drug-likeness (QED) is 0.925. The number of morpholine rings is 1. The molecule has 1 saturated heterocycles. The molecule has 1 aliphatic heterocycles. The van der Waals surface area contributed by atoms with Gasteiger partial charge in [-0.1, -0.05) is 17.3 Å². The maximum atomic E-state index is 13.5. The van der Waals surface area contributed by atoms with E-state index < -0.39 is 0 Å². The SMILES string of the molecule is Cc1ccc(-c2noc(CC3COCCN3)n2)cc1F. The van der Waals surface area contributed by atoms with Crippen LogP contribution in [0.15, 0.2) is 22.7 Å². The lowest BCUT2D eigenvalue weighted by Gasteiger charge is -2.22. The topological polar surface area (TPSA) is 60.2 Å². The predicted molar refractivity (Wildman–Crippen MR) is 70.7 cm³/mol. The molecule has 2 heterocycles. The van der Waals surface area contributed by atoms with Crippen LogP contribution in [0.3, 0.4) is 0 Å². The molecule has 1 aromatic carbocycles. The lowest BCUT2D eigenvalue weighted by Crippen LogP contribution is -2.42. The van der Waals surface area contributed by atoms with Gasteiger partial charge in [0.15, 0.2) is 0 Å². The maximum absolute atomic E-state index is 13.5. The van der Waals surface area contributed by atoms with Crippen molar-refractivity contribution in [3.63, 3.8) is 0 Å². The third-order valence-electron chi connectivity index (χ3n) is 3.32. The molecule has 1 atom stereocenters. The Morgan fingerprint density at radius 2 is 2.35 bits per heavy atom. The molecule has 1 N–H and O–H groups in total. The Morgan fingerprint density at radius 1 is 1.45 bits per heavy atom. The van der Waals surface area contributed by atoms with Gasteiger partial charge in [-0.25, -0.2) is 4.39 Å². The smallest absolute Gasteiger partial charge is 0.228 e. The van der Waals surface area contributed by atoms with Crippen LogP contribution in [0.25, 0.3) is 11.4 Å². The first-order chi connectivity index (χ1) is 9.72. The van der Waals surface area contributed by atoms with Crippen LogP contribution in [-0.4, -0.2) is 35.9 Å². The van der Waals surface area contributed by atoms with E-state index >= 15 is 0 Å². The zero-order chi connectivity index (χ0) is 13.9. The molecular formula is C14H16FN3O2. The van der Waals surface area contributed by atoms with Crippen LogP contribution in [-0.2, 0) is 11.2 Å². The van der Waals surface area contributed by atoms with E-state index in [1.54, 1.807) is 19.1 Å². The highest BCUT2D eigenvalue weighted by Gasteiger charge is 2.18. The third kappa shape index (κ3) is 2.86. The highest BCUT2D eigenvalue weighted by molar-refractivity contribution is 5.54. The maximum Gasteiger partial charge on any atom is 0.228 e. The largest absolute Gasteiger partial charge is 0.378 e. The van der Waals surface area contributed by atoms with E-state index in [1.807, 2.05) is 0 Å². The second-order valence-corrected chi connectivity index (χ2v) is 4.91. The molecule has 2 aromatic rings. The van der Waals surface area contributed by atoms with Crippen LogP contribution in [0.5, 0.6) is 0 Å². The Labute approximate surface area is 116 Å². The molecule has 5 nitrogen and oxygen atoms in total. The molecule has 6 heteroatoms. The third-order valence-corrected chi connectivity index (χ3v) is 3.32. The van der Waals surface area contributed by atoms with Gasteiger partial charge in [0.2, 0.25) is 11.7 Å². The Kier molecular flexibility index (Phi) is 3.75. The minimum atomic E-state index is -0.267. The van der Waals surface area contributed by atoms with Crippen molar-refractivity contribution in [1.29, 1.82) is 0 Å². The van der Waals surface area contributed by atoms with E-state index in [0.717, 1.165) is 13.2 Å². The van der Waals surface area contributed by atoms with Crippen molar-refractivity contribution in [3.8, 4) is 11.4 Å². The molecule has 0 bridgehead atoms. The summed E-state index contributed by atoms with van der Waals surface area (Å²) < 4.78 is 24.1. The number of nitrogens with one attached hydrogen (secondary N) is 1. The van der Waals surface area contributed by atoms with Crippen molar-refractivity contribution in [1.82, 2.24) is 15.5 Å². The summed E-state index contributed by atoms with van der Waals surface area (Å²) in [6, 6.07) is 5.10. The molecule has 0 radical (unpaired) electrons. The van der Waals surface area contributed by atoms with Crippen LogP contribution in [0, 0.1) is 12.7 Å². The summed E-state index contributed by atoms with van der Waals surface area (Å²) in [6.45, 7) is 3.91. The predicted octanol–water partition coefficient (Wildman–Crippen LogP) is 1.72. The number of ether oxygens (including phenoxy) is 1. The van der Waals surface area contributed by atoms with Crippen molar-refractivity contribution in [2.45, 2.75) is 19.4 Å². The van der Waals surface area contributed by atoms with Crippen LogP contribution >= 0.6 is 0 Å². The van der Waals surface area contributed by atoms with Gasteiger partial charge in [0.25, 0.3) is 0 Å². The molecule has 1 aromatic heterocycles. The molecule has 0 amide bonds. The lowest BCUT2D eigenvalue weighted by atomic mass is 10.1. The van der Waals surface area contributed by atoms with Gasteiger partial charge in [0, 0.05) is 24.6 Å². The van der Waals surface area contributed by atoms with Crippen molar-refractivity contribution in [3.05, 3.63) is 35.5 Å². The molecule has 1 unspecified atom stereocenters. The van der Waals surface area contributed by atoms with Crippen LogP contribution < -0.4 is 5.32 Å². The molecule has 3 rings (SSSR count). The average Bonchev–Trinajstić information content (AvgIpc) is 2.91. The molecule has 106 valence electrons. The first-order valence-corrected chi connectivity index (χ1v) is 6.62. The molecule has 1 aliphatic rings. The van der Waals surface area contributed by atoms with Gasteiger partial charge in [-0.3, -0.25) is 0 Å². The van der Waals surface area contributed by atoms with E-state index in [-0.39, 0.29) is 11.9 Å². The molecule has 0 aliphatic carbocycles. The van der Waals surface area contributed by atoms with E-state index in [1.165, 1.54) is 6.07 Å². The van der Waals surface area contributed by atoms with Crippen molar-refractivity contribution in [2.24, 2.45) is 0 Å². The first-order valence-electron chi connectivity index (χ1n) is 6.62. The van der Waals surface area contributed by atoms with E-state index in [9.17, 15) is 4.39 Å². The summed E-state index contributed by atoms with van der Waals surface area (Å²) in [5.41, 5.74) is 1.22. The highest BCUT2D eigenvalue weighted by atomic mass is 19.1. The summed E-state index contributed by atoms with van der Waals surface area (Å²) >= 11 is 0. The number of benzene rings is 1. The zero-order valence-corrected chi connectivity index (χ0v) is 11.2. The Balaban J connectivity index is 1.73. The number of aromatic nitrogens is 2. The number of halogens is 1.